The summed E-state index contributed by atoms with van der Waals surface area (Å²) in [6.45, 7) is 2.43. The van der Waals surface area contributed by atoms with Crippen LogP contribution in [-0.4, -0.2) is 25.1 Å². The van der Waals surface area contributed by atoms with E-state index in [0.717, 1.165) is 5.56 Å². The molecule has 0 aromatic heterocycles. The molecular weight excluding hydrogens is 534 g/mol. The quantitative estimate of drug-likeness (QED) is 0.241. The largest absolute Gasteiger partial charge is 0.493 e. The Hall–Kier alpha value is -3.36. The van der Waals surface area contributed by atoms with Gasteiger partial charge in [0.25, 0.3) is 0 Å². The summed E-state index contributed by atoms with van der Waals surface area (Å²) in [6, 6.07) is 18.5. The van der Waals surface area contributed by atoms with Crippen molar-refractivity contribution in [1.29, 1.82) is 0 Å². The van der Waals surface area contributed by atoms with Crippen LogP contribution in [0.25, 0.3) is 0 Å². The molecule has 7 nitrogen and oxygen atoms in total. The topological polar surface area (TPSA) is 89.0 Å². The summed E-state index contributed by atoms with van der Waals surface area (Å²) in [5.41, 5.74) is 5.92. The Bertz CT molecular complexity index is 1220. The fraction of sp³-hybridized carbons (Fsp3) is 0.192. The van der Waals surface area contributed by atoms with Crippen molar-refractivity contribution < 1.29 is 19.1 Å². The molecule has 0 aliphatic carbocycles. The third kappa shape index (κ3) is 8.42. The molecule has 0 fully saturated rings. The normalized spacial score (nSPS) is 10.7. The van der Waals surface area contributed by atoms with E-state index in [4.69, 9.17) is 21.1 Å². The van der Waals surface area contributed by atoms with Gasteiger partial charge in [-0.25, -0.2) is 5.43 Å². The SMILES string of the molecule is COc1cc(C=NNC(=O)CCC(=O)Nc2cccc(Cl)c2)cc(Br)c1OCc1ccc(C)cc1. The van der Waals surface area contributed by atoms with Crippen LogP contribution in [0.5, 0.6) is 11.5 Å². The predicted molar refractivity (Wildman–Crippen MR) is 141 cm³/mol. The Labute approximate surface area is 217 Å². The highest BCUT2D eigenvalue weighted by atomic mass is 79.9. The average Bonchev–Trinajstić information content (AvgIpc) is 2.83. The van der Waals surface area contributed by atoms with Gasteiger partial charge in [0.05, 0.1) is 17.8 Å². The molecule has 0 bridgehead atoms. The lowest BCUT2D eigenvalue weighted by atomic mass is 10.2. The van der Waals surface area contributed by atoms with E-state index in [-0.39, 0.29) is 24.7 Å². The zero-order chi connectivity index (χ0) is 25.2. The van der Waals surface area contributed by atoms with E-state index in [0.29, 0.717) is 38.9 Å². The highest BCUT2D eigenvalue weighted by molar-refractivity contribution is 9.10. The average molecular weight is 559 g/mol. The van der Waals surface area contributed by atoms with Gasteiger partial charge in [-0.15, -0.1) is 0 Å². The van der Waals surface area contributed by atoms with E-state index in [1.165, 1.54) is 11.8 Å². The third-order valence-corrected chi connectivity index (χ3v) is 5.67. The lowest BCUT2D eigenvalue weighted by molar-refractivity contribution is -0.124. The van der Waals surface area contributed by atoms with Crippen molar-refractivity contribution in [2.75, 3.05) is 12.4 Å². The number of ether oxygens (including phenoxy) is 2. The number of aryl methyl sites for hydroxylation is 1. The second-order valence-corrected chi connectivity index (χ2v) is 8.95. The van der Waals surface area contributed by atoms with Gasteiger partial charge in [-0.05, 0) is 64.3 Å². The number of amides is 2. The van der Waals surface area contributed by atoms with Crippen LogP contribution in [-0.2, 0) is 16.2 Å². The number of rotatable bonds is 10. The van der Waals surface area contributed by atoms with Gasteiger partial charge in [0.15, 0.2) is 11.5 Å². The standard InChI is InChI=1S/C26H25BrClN3O4/c1-17-6-8-18(9-7-17)16-35-26-22(27)12-19(13-23(26)34-2)15-29-31-25(33)11-10-24(32)30-21-5-3-4-20(28)14-21/h3-9,12-15H,10-11,16H2,1-2H3,(H,30,32)(H,31,33). The number of halogens is 2. The molecule has 0 spiro atoms. The minimum atomic E-state index is -0.383. The van der Waals surface area contributed by atoms with Gasteiger partial charge in [0, 0.05) is 23.6 Å². The van der Waals surface area contributed by atoms with E-state index < -0.39 is 0 Å². The number of carbonyl (C=O) groups is 2. The molecule has 2 N–H and O–H groups in total. The minimum Gasteiger partial charge on any atom is -0.493 e. The van der Waals surface area contributed by atoms with Gasteiger partial charge < -0.3 is 14.8 Å². The third-order valence-electron chi connectivity index (χ3n) is 4.85. The first-order valence-electron chi connectivity index (χ1n) is 10.8. The molecule has 35 heavy (non-hydrogen) atoms. The van der Waals surface area contributed by atoms with Crippen molar-refractivity contribution in [3.63, 3.8) is 0 Å². The molecule has 3 rings (SSSR count). The molecule has 9 heteroatoms. The van der Waals surface area contributed by atoms with E-state index in [1.54, 1.807) is 43.5 Å². The highest BCUT2D eigenvalue weighted by Gasteiger charge is 2.12. The number of benzene rings is 3. The molecule has 0 atom stereocenters. The van der Waals surface area contributed by atoms with Gasteiger partial charge in [-0.3, -0.25) is 9.59 Å². The van der Waals surface area contributed by atoms with Crippen molar-refractivity contribution in [1.82, 2.24) is 5.43 Å². The Kier molecular flexibility index (Phi) is 9.69. The van der Waals surface area contributed by atoms with Crippen LogP contribution in [0.3, 0.4) is 0 Å². The van der Waals surface area contributed by atoms with Crippen LogP contribution in [0.4, 0.5) is 5.69 Å². The van der Waals surface area contributed by atoms with E-state index >= 15 is 0 Å². The smallest absolute Gasteiger partial charge is 0.240 e. The van der Waals surface area contributed by atoms with Crippen LogP contribution in [0, 0.1) is 6.92 Å². The van der Waals surface area contributed by atoms with E-state index in [2.05, 4.69) is 31.8 Å². The summed E-state index contributed by atoms with van der Waals surface area (Å²) in [7, 11) is 1.55. The number of hydrazone groups is 1. The fourth-order valence-electron chi connectivity index (χ4n) is 3.05. The summed E-state index contributed by atoms with van der Waals surface area (Å²) in [5, 5.41) is 7.18. The molecule has 0 radical (unpaired) electrons. The molecule has 0 heterocycles. The minimum absolute atomic E-state index is 0.0114. The number of carbonyl (C=O) groups excluding carboxylic acids is 2. The van der Waals surface area contributed by atoms with Crippen molar-refractivity contribution in [3.8, 4) is 11.5 Å². The molecule has 0 saturated carbocycles. The molecule has 0 aliphatic heterocycles. The summed E-state index contributed by atoms with van der Waals surface area (Å²) in [5.74, 6) is 0.421. The maximum Gasteiger partial charge on any atom is 0.240 e. The first kappa shape index (κ1) is 26.2. The molecule has 0 unspecified atom stereocenters. The van der Waals surface area contributed by atoms with Crippen LogP contribution >= 0.6 is 27.5 Å². The number of hydrogen-bond acceptors (Lipinski definition) is 5. The lowest BCUT2D eigenvalue weighted by Gasteiger charge is -2.13. The Morgan fingerprint density at radius 2 is 1.80 bits per heavy atom. The van der Waals surface area contributed by atoms with Crippen LogP contribution in [0.1, 0.15) is 29.5 Å². The maximum atomic E-state index is 12.0. The molecular formula is C26H25BrClN3O4. The highest BCUT2D eigenvalue weighted by Crippen LogP contribution is 2.36. The summed E-state index contributed by atoms with van der Waals surface area (Å²) < 4.78 is 12.1. The number of nitrogens with one attached hydrogen (secondary N) is 2. The number of hydrogen-bond donors (Lipinski definition) is 2. The summed E-state index contributed by atoms with van der Waals surface area (Å²) >= 11 is 9.41. The Morgan fingerprint density at radius 3 is 2.51 bits per heavy atom. The molecule has 0 saturated heterocycles. The fourth-order valence-corrected chi connectivity index (χ4v) is 3.81. The summed E-state index contributed by atoms with van der Waals surface area (Å²) in [4.78, 5) is 24.1. The van der Waals surface area contributed by atoms with E-state index in [9.17, 15) is 9.59 Å². The molecule has 3 aromatic rings. The second kappa shape index (κ2) is 12.9. The van der Waals surface area contributed by atoms with Crippen molar-refractivity contribution >= 4 is 51.2 Å². The first-order chi connectivity index (χ1) is 16.8. The number of methoxy groups -OCH3 is 1. The van der Waals surface area contributed by atoms with Crippen molar-refractivity contribution in [2.45, 2.75) is 26.4 Å². The van der Waals surface area contributed by atoms with Gasteiger partial charge >= 0.3 is 0 Å². The molecule has 182 valence electrons. The van der Waals surface area contributed by atoms with Crippen LogP contribution in [0.15, 0.2) is 70.2 Å². The zero-order valence-corrected chi connectivity index (χ0v) is 21.7. The van der Waals surface area contributed by atoms with Crippen LogP contribution < -0.4 is 20.2 Å². The first-order valence-corrected chi connectivity index (χ1v) is 11.9. The van der Waals surface area contributed by atoms with Gasteiger partial charge in [0.1, 0.15) is 6.61 Å². The summed E-state index contributed by atoms with van der Waals surface area (Å²) in [6.07, 6.45) is 1.49. The van der Waals surface area contributed by atoms with Gasteiger partial charge in [-0.2, -0.15) is 5.10 Å². The molecule has 0 aliphatic rings. The number of anilines is 1. The molecule has 2 amide bonds. The van der Waals surface area contributed by atoms with Crippen LogP contribution in [0.2, 0.25) is 5.02 Å². The second-order valence-electron chi connectivity index (χ2n) is 7.66. The lowest BCUT2D eigenvalue weighted by Crippen LogP contribution is -2.20. The van der Waals surface area contributed by atoms with Gasteiger partial charge in [-0.1, -0.05) is 47.5 Å². The monoisotopic (exact) mass is 557 g/mol. The maximum absolute atomic E-state index is 12.0. The van der Waals surface area contributed by atoms with E-state index in [1.807, 2.05) is 31.2 Å². The number of nitrogens with zero attached hydrogens (tertiary/aromatic N) is 1. The zero-order valence-electron chi connectivity index (χ0n) is 19.3. The van der Waals surface area contributed by atoms with Crippen molar-refractivity contribution in [2.24, 2.45) is 5.10 Å². The van der Waals surface area contributed by atoms with Crippen molar-refractivity contribution in [3.05, 3.63) is 86.8 Å². The van der Waals surface area contributed by atoms with Gasteiger partial charge in [0.2, 0.25) is 11.8 Å². The molecule has 3 aromatic carbocycles. The predicted octanol–water partition coefficient (Wildman–Crippen LogP) is 5.87. The Balaban J connectivity index is 1.51. The Morgan fingerprint density at radius 1 is 1.06 bits per heavy atom.